The van der Waals surface area contributed by atoms with Crippen molar-refractivity contribution in [1.29, 1.82) is 0 Å². The van der Waals surface area contributed by atoms with E-state index in [-0.39, 0.29) is 18.5 Å². The summed E-state index contributed by atoms with van der Waals surface area (Å²) < 4.78 is 5.48. The van der Waals surface area contributed by atoms with E-state index in [9.17, 15) is 19.8 Å². The first kappa shape index (κ1) is 73.1. The SMILES string of the molecule is CCCCCCCC/C=C\CCCCCCCC(=O)OCCCCCCCCCCC/C=C\C/C=C\CCCCCCCCCC(=O)NC(CO)C(O)CCCCCCCCCCCCCCCCCCCCCC. The molecule has 2 unspecified atom stereocenters. The lowest BCUT2D eigenvalue weighted by Crippen LogP contribution is -2.45. The van der Waals surface area contributed by atoms with E-state index in [1.165, 1.54) is 276 Å². The van der Waals surface area contributed by atoms with E-state index in [4.69, 9.17) is 4.74 Å². The summed E-state index contributed by atoms with van der Waals surface area (Å²) in [7, 11) is 0. The molecule has 0 bridgehead atoms. The van der Waals surface area contributed by atoms with Crippen LogP contribution in [0.15, 0.2) is 36.5 Å². The summed E-state index contributed by atoms with van der Waals surface area (Å²) in [5.41, 5.74) is 0. The van der Waals surface area contributed by atoms with Crippen LogP contribution in [0.1, 0.15) is 367 Å². The number of rotatable bonds is 63. The van der Waals surface area contributed by atoms with Crippen LogP contribution in [0.25, 0.3) is 0 Å². The van der Waals surface area contributed by atoms with Crippen molar-refractivity contribution in [2.75, 3.05) is 13.2 Å². The number of aliphatic hydroxyl groups excluding tert-OH is 2. The van der Waals surface area contributed by atoms with E-state index < -0.39 is 12.1 Å². The Balaban J connectivity index is 3.45. The molecule has 3 N–H and O–H groups in total. The lowest BCUT2D eigenvalue weighted by molar-refractivity contribution is -0.143. The van der Waals surface area contributed by atoms with Crippen molar-refractivity contribution in [3.8, 4) is 0 Å². The summed E-state index contributed by atoms with van der Waals surface area (Å²) in [5.74, 6) is -0.0428. The fourth-order valence-corrected chi connectivity index (χ4v) is 10.5. The predicted octanol–water partition coefficient (Wildman–Crippen LogP) is 21.5. The lowest BCUT2D eigenvalue weighted by atomic mass is 10.0. The molecule has 6 heteroatoms. The van der Waals surface area contributed by atoms with E-state index >= 15 is 0 Å². The van der Waals surface area contributed by atoms with Gasteiger partial charge in [-0.1, -0.05) is 307 Å². The summed E-state index contributed by atoms with van der Waals surface area (Å²) in [5, 5.41) is 23.4. The molecule has 442 valence electrons. The molecule has 0 radical (unpaired) electrons. The number of nitrogens with one attached hydrogen (secondary N) is 1. The van der Waals surface area contributed by atoms with Crippen LogP contribution in [0.3, 0.4) is 0 Å². The van der Waals surface area contributed by atoms with Gasteiger partial charge in [-0.15, -0.1) is 0 Å². The number of ether oxygens (including phenoxy) is 1. The highest BCUT2D eigenvalue weighted by Crippen LogP contribution is 2.18. The number of hydrogen-bond donors (Lipinski definition) is 3. The molecule has 0 aliphatic rings. The maximum absolute atomic E-state index is 12.5. The molecular formula is C69H131NO5. The van der Waals surface area contributed by atoms with Crippen LogP contribution in [-0.4, -0.2) is 47.4 Å². The van der Waals surface area contributed by atoms with Gasteiger partial charge in [-0.05, 0) is 83.5 Å². The molecule has 75 heavy (non-hydrogen) atoms. The number of carbonyl (C=O) groups is 2. The normalized spacial score (nSPS) is 12.7. The fourth-order valence-electron chi connectivity index (χ4n) is 10.5. The number of unbranched alkanes of at least 4 members (excludes halogenated alkanes) is 46. The van der Waals surface area contributed by atoms with Gasteiger partial charge >= 0.3 is 5.97 Å². The summed E-state index contributed by atoms with van der Waals surface area (Å²) in [6.07, 6.45) is 81.7. The summed E-state index contributed by atoms with van der Waals surface area (Å²) in [4.78, 5) is 24.6. The van der Waals surface area contributed by atoms with Crippen LogP contribution in [0.4, 0.5) is 0 Å². The first-order valence-electron chi connectivity index (χ1n) is 33.7. The van der Waals surface area contributed by atoms with E-state index in [2.05, 4.69) is 55.6 Å². The van der Waals surface area contributed by atoms with Crippen molar-refractivity contribution in [3.05, 3.63) is 36.5 Å². The summed E-state index contributed by atoms with van der Waals surface area (Å²) in [6, 6.07) is -0.550. The minimum atomic E-state index is -0.672. The Labute approximate surface area is 468 Å². The second kappa shape index (κ2) is 64.6. The third-order valence-electron chi connectivity index (χ3n) is 15.7. The van der Waals surface area contributed by atoms with Crippen LogP contribution in [0.2, 0.25) is 0 Å². The number of esters is 1. The zero-order valence-corrected chi connectivity index (χ0v) is 50.5. The van der Waals surface area contributed by atoms with Crippen LogP contribution in [0, 0.1) is 0 Å². The van der Waals surface area contributed by atoms with Crippen LogP contribution >= 0.6 is 0 Å². The standard InChI is InChI=1S/C69H131NO5/c1-3-5-7-9-11-13-15-17-19-20-21-27-30-34-37-41-45-49-53-57-61-67(72)66(65-71)70-68(73)62-58-54-50-46-42-38-35-31-28-25-23-22-24-26-29-32-36-40-44-48-52-56-60-64-75-69(74)63-59-55-51-47-43-39-33-18-16-14-12-10-8-6-4-2/h18,22,24-25,28,33,66-67,71-72H,3-17,19-21,23,26-27,29-32,34-65H2,1-2H3,(H,70,73)/b24-22-,28-25-,33-18-. The van der Waals surface area contributed by atoms with Gasteiger partial charge < -0.3 is 20.3 Å². The summed E-state index contributed by atoms with van der Waals surface area (Å²) in [6.45, 7) is 4.96. The van der Waals surface area contributed by atoms with E-state index in [0.717, 1.165) is 57.8 Å². The Kier molecular flexibility index (Phi) is 63.0. The van der Waals surface area contributed by atoms with Crippen LogP contribution in [-0.2, 0) is 14.3 Å². The molecule has 0 aromatic carbocycles. The Morgan fingerprint density at radius 1 is 0.373 bits per heavy atom. The molecule has 0 aromatic heterocycles. The van der Waals surface area contributed by atoms with Crippen molar-refractivity contribution in [2.24, 2.45) is 0 Å². The largest absolute Gasteiger partial charge is 0.466 e. The molecule has 6 nitrogen and oxygen atoms in total. The number of amides is 1. The first-order valence-corrected chi connectivity index (χ1v) is 33.7. The van der Waals surface area contributed by atoms with Gasteiger partial charge in [-0.25, -0.2) is 0 Å². The minimum absolute atomic E-state index is 0.000426. The number of hydrogen-bond acceptors (Lipinski definition) is 5. The molecule has 0 rings (SSSR count). The van der Waals surface area contributed by atoms with Crippen LogP contribution in [0.5, 0.6) is 0 Å². The Morgan fingerprint density at radius 3 is 1.03 bits per heavy atom. The Morgan fingerprint density at radius 2 is 0.667 bits per heavy atom. The average Bonchev–Trinajstić information content (AvgIpc) is 3.41. The van der Waals surface area contributed by atoms with E-state index in [1.807, 2.05) is 0 Å². The molecule has 0 fully saturated rings. The first-order chi connectivity index (χ1) is 37.0. The molecule has 0 aliphatic carbocycles. The van der Waals surface area contributed by atoms with Gasteiger partial charge in [0.2, 0.25) is 5.91 Å². The second-order valence-electron chi connectivity index (χ2n) is 23.1. The van der Waals surface area contributed by atoms with Gasteiger partial charge in [0.15, 0.2) is 0 Å². The van der Waals surface area contributed by atoms with Gasteiger partial charge in [0.1, 0.15) is 0 Å². The molecule has 2 atom stereocenters. The zero-order valence-electron chi connectivity index (χ0n) is 50.5. The summed E-state index contributed by atoms with van der Waals surface area (Å²) >= 11 is 0. The molecule has 1 amide bonds. The maximum atomic E-state index is 12.5. The number of carbonyl (C=O) groups excluding carboxylic acids is 2. The monoisotopic (exact) mass is 1050 g/mol. The van der Waals surface area contributed by atoms with Gasteiger partial charge in [0.05, 0.1) is 25.4 Å². The number of allylic oxidation sites excluding steroid dienone is 6. The molecule has 0 saturated heterocycles. The van der Waals surface area contributed by atoms with Crippen molar-refractivity contribution in [1.82, 2.24) is 5.32 Å². The van der Waals surface area contributed by atoms with Crippen LogP contribution < -0.4 is 5.32 Å². The van der Waals surface area contributed by atoms with Crippen molar-refractivity contribution in [2.45, 2.75) is 379 Å². The molecule has 0 aliphatic heterocycles. The molecular weight excluding hydrogens is 923 g/mol. The molecule has 0 heterocycles. The third-order valence-corrected chi connectivity index (χ3v) is 15.7. The Hall–Kier alpha value is -1.92. The fraction of sp³-hybridized carbons (Fsp3) is 0.884. The van der Waals surface area contributed by atoms with Crippen molar-refractivity contribution >= 4 is 11.9 Å². The lowest BCUT2D eigenvalue weighted by Gasteiger charge is -2.22. The maximum Gasteiger partial charge on any atom is 0.305 e. The highest BCUT2D eigenvalue weighted by atomic mass is 16.5. The smallest absolute Gasteiger partial charge is 0.305 e. The third kappa shape index (κ3) is 61.2. The average molecular weight is 1050 g/mol. The van der Waals surface area contributed by atoms with Gasteiger partial charge in [0, 0.05) is 12.8 Å². The van der Waals surface area contributed by atoms with Gasteiger partial charge in [0.25, 0.3) is 0 Å². The topological polar surface area (TPSA) is 95.9 Å². The Bertz CT molecular complexity index is 1210. The van der Waals surface area contributed by atoms with Crippen molar-refractivity contribution < 1.29 is 24.5 Å². The molecule has 0 spiro atoms. The highest BCUT2D eigenvalue weighted by Gasteiger charge is 2.20. The minimum Gasteiger partial charge on any atom is -0.466 e. The van der Waals surface area contributed by atoms with Gasteiger partial charge in [-0.3, -0.25) is 9.59 Å². The number of aliphatic hydroxyl groups is 2. The predicted molar refractivity (Wildman–Crippen MR) is 329 cm³/mol. The van der Waals surface area contributed by atoms with Crippen molar-refractivity contribution in [3.63, 3.8) is 0 Å². The zero-order chi connectivity index (χ0) is 54.3. The highest BCUT2D eigenvalue weighted by molar-refractivity contribution is 5.76. The van der Waals surface area contributed by atoms with E-state index in [1.54, 1.807) is 0 Å². The van der Waals surface area contributed by atoms with E-state index in [0.29, 0.717) is 25.9 Å². The molecule has 0 saturated carbocycles. The van der Waals surface area contributed by atoms with Gasteiger partial charge in [-0.2, -0.15) is 0 Å². The second-order valence-corrected chi connectivity index (χ2v) is 23.1. The quantitative estimate of drug-likeness (QED) is 0.0320. The molecule has 0 aromatic rings.